The molecule has 17 heavy (non-hydrogen) atoms. The molecule has 90 valence electrons. The van der Waals surface area contributed by atoms with Crippen molar-refractivity contribution in [3.05, 3.63) is 33.6 Å². The van der Waals surface area contributed by atoms with E-state index in [1.54, 1.807) is 25.3 Å². The molecule has 0 radical (unpaired) electrons. The van der Waals surface area contributed by atoms with E-state index in [0.29, 0.717) is 17.9 Å². The first-order valence-corrected chi connectivity index (χ1v) is 6.71. The van der Waals surface area contributed by atoms with Gasteiger partial charge in [-0.3, -0.25) is 0 Å². The number of ether oxygens (including phenoxy) is 1. The van der Waals surface area contributed by atoms with Gasteiger partial charge in [0.15, 0.2) is 0 Å². The number of rotatable bonds is 4. The van der Waals surface area contributed by atoms with E-state index in [1.807, 2.05) is 17.5 Å². The number of hydrogen-bond donors (Lipinski definition) is 1. The van der Waals surface area contributed by atoms with Crippen LogP contribution >= 0.6 is 22.9 Å². The average Bonchev–Trinajstić information content (AvgIpc) is 2.94. The predicted molar refractivity (Wildman–Crippen MR) is 69.8 cm³/mol. The van der Waals surface area contributed by atoms with Gasteiger partial charge in [-0.05, 0) is 29.9 Å². The van der Waals surface area contributed by atoms with Crippen LogP contribution in [-0.2, 0) is 11.3 Å². The molecule has 0 aromatic carbocycles. The zero-order valence-corrected chi connectivity index (χ0v) is 11.2. The van der Waals surface area contributed by atoms with Gasteiger partial charge in [0, 0.05) is 11.9 Å². The van der Waals surface area contributed by atoms with Crippen molar-refractivity contribution in [1.29, 1.82) is 0 Å². The molecule has 0 fully saturated rings. The number of hydrogen-bond acceptors (Lipinski definition) is 6. The van der Waals surface area contributed by atoms with Gasteiger partial charge in [0.25, 0.3) is 0 Å². The van der Waals surface area contributed by atoms with Crippen molar-refractivity contribution < 1.29 is 9.53 Å². The van der Waals surface area contributed by atoms with Crippen LogP contribution in [0.4, 0.5) is 5.00 Å². The minimum absolute atomic E-state index is 0.314. The number of nitrogens with one attached hydrogen (secondary N) is 1. The largest absolute Gasteiger partial charge is 0.456 e. The molecule has 0 bridgehead atoms. The molecule has 0 spiro atoms. The smallest absolute Gasteiger partial charge is 0.343 e. The highest BCUT2D eigenvalue weighted by atomic mass is 32.1. The highest BCUT2D eigenvalue weighted by Gasteiger charge is 2.19. The maximum absolute atomic E-state index is 11.9. The van der Waals surface area contributed by atoms with E-state index in [1.165, 1.54) is 11.5 Å². The lowest BCUT2D eigenvalue weighted by Gasteiger charge is -2.04. The Bertz CT molecular complexity index is 506. The summed E-state index contributed by atoms with van der Waals surface area (Å²) < 4.78 is 9.39. The highest BCUT2D eigenvalue weighted by molar-refractivity contribution is 7.10. The highest BCUT2D eigenvalue weighted by Crippen LogP contribution is 2.25. The zero-order chi connectivity index (χ0) is 12.3. The minimum Gasteiger partial charge on any atom is -0.456 e. The quantitative estimate of drug-likeness (QED) is 0.866. The van der Waals surface area contributed by atoms with Crippen molar-refractivity contribution in [2.75, 3.05) is 12.4 Å². The Morgan fingerprint density at radius 2 is 2.41 bits per heavy atom. The van der Waals surface area contributed by atoms with Crippen molar-refractivity contribution in [2.24, 2.45) is 0 Å². The van der Waals surface area contributed by atoms with E-state index in [2.05, 4.69) is 9.69 Å². The van der Waals surface area contributed by atoms with Crippen molar-refractivity contribution in [3.8, 4) is 0 Å². The van der Waals surface area contributed by atoms with Gasteiger partial charge in [-0.2, -0.15) is 4.37 Å². The maximum atomic E-state index is 11.9. The van der Waals surface area contributed by atoms with Gasteiger partial charge in [0.1, 0.15) is 17.2 Å². The average molecular weight is 268 g/mol. The summed E-state index contributed by atoms with van der Waals surface area (Å²) in [5.41, 5.74) is 1.24. The SMILES string of the molecule is CNc1snc(C)c1C(=O)OCc1cccs1. The monoisotopic (exact) mass is 268 g/mol. The molecule has 2 rings (SSSR count). The predicted octanol–water partition coefficient (Wildman–Crippen LogP) is 2.91. The fourth-order valence-corrected chi connectivity index (χ4v) is 2.73. The number of aromatic nitrogens is 1. The molecule has 1 N–H and O–H groups in total. The van der Waals surface area contributed by atoms with Gasteiger partial charge in [-0.1, -0.05) is 6.07 Å². The second-order valence-corrected chi connectivity index (χ2v) is 5.18. The van der Waals surface area contributed by atoms with Crippen molar-refractivity contribution in [2.45, 2.75) is 13.5 Å². The molecule has 0 unspecified atom stereocenters. The summed E-state index contributed by atoms with van der Waals surface area (Å²) in [4.78, 5) is 12.9. The molecule has 0 amide bonds. The molecule has 0 atom stereocenters. The van der Waals surface area contributed by atoms with Crippen LogP contribution < -0.4 is 5.32 Å². The summed E-state index contributed by atoms with van der Waals surface area (Å²) in [5.74, 6) is -0.325. The zero-order valence-electron chi connectivity index (χ0n) is 9.52. The van der Waals surface area contributed by atoms with Crippen LogP contribution in [0.3, 0.4) is 0 Å². The number of aryl methyl sites for hydroxylation is 1. The van der Waals surface area contributed by atoms with Crippen LogP contribution in [0.15, 0.2) is 17.5 Å². The molecule has 0 aliphatic heterocycles. The molecule has 0 saturated heterocycles. The summed E-state index contributed by atoms with van der Waals surface area (Å²) >= 11 is 2.84. The topological polar surface area (TPSA) is 51.2 Å². The van der Waals surface area contributed by atoms with Gasteiger partial charge >= 0.3 is 5.97 Å². The number of esters is 1. The molecular formula is C11H12N2O2S2. The standard InChI is InChI=1S/C11H12N2O2S2/c1-7-9(10(12-2)17-13-7)11(14)15-6-8-4-3-5-16-8/h3-5,12H,6H2,1-2H3. The van der Waals surface area contributed by atoms with Crippen LogP contribution in [0, 0.1) is 6.92 Å². The Labute approximate surface area is 107 Å². The number of carbonyl (C=O) groups excluding carboxylic acids is 1. The Kier molecular flexibility index (Phi) is 3.75. The van der Waals surface area contributed by atoms with E-state index in [-0.39, 0.29) is 5.97 Å². The third-order valence-electron chi connectivity index (χ3n) is 2.22. The Hall–Kier alpha value is -1.40. The maximum Gasteiger partial charge on any atom is 0.343 e. The third kappa shape index (κ3) is 2.65. The Morgan fingerprint density at radius 3 is 3.06 bits per heavy atom. The molecule has 2 aromatic rings. The van der Waals surface area contributed by atoms with Crippen molar-refractivity contribution in [1.82, 2.24) is 4.37 Å². The first kappa shape index (κ1) is 12.1. The lowest BCUT2D eigenvalue weighted by atomic mass is 10.2. The first-order chi connectivity index (χ1) is 8.22. The fraction of sp³-hybridized carbons (Fsp3) is 0.273. The van der Waals surface area contributed by atoms with E-state index in [0.717, 1.165) is 9.88 Å². The van der Waals surface area contributed by atoms with Crippen LogP contribution in [0.2, 0.25) is 0 Å². The van der Waals surface area contributed by atoms with Crippen LogP contribution in [-0.4, -0.2) is 17.4 Å². The minimum atomic E-state index is -0.325. The van der Waals surface area contributed by atoms with Crippen LogP contribution in [0.1, 0.15) is 20.9 Å². The summed E-state index contributed by atoms with van der Waals surface area (Å²) in [6, 6.07) is 3.87. The van der Waals surface area contributed by atoms with E-state index in [4.69, 9.17) is 4.74 Å². The number of anilines is 1. The van der Waals surface area contributed by atoms with Gasteiger partial charge in [0.2, 0.25) is 0 Å². The van der Waals surface area contributed by atoms with Gasteiger partial charge < -0.3 is 10.1 Å². The molecule has 2 aromatic heterocycles. The number of thiophene rings is 1. The van der Waals surface area contributed by atoms with Gasteiger partial charge in [0.05, 0.1) is 5.69 Å². The fourth-order valence-electron chi connectivity index (χ4n) is 1.38. The lowest BCUT2D eigenvalue weighted by Crippen LogP contribution is -2.07. The second kappa shape index (κ2) is 5.29. The third-order valence-corrected chi connectivity index (χ3v) is 4.03. The molecule has 0 saturated carbocycles. The molecule has 4 nitrogen and oxygen atoms in total. The molecule has 2 heterocycles. The van der Waals surface area contributed by atoms with E-state index < -0.39 is 0 Å². The van der Waals surface area contributed by atoms with Crippen LogP contribution in [0.5, 0.6) is 0 Å². The Balaban J connectivity index is 2.06. The normalized spacial score (nSPS) is 10.2. The van der Waals surface area contributed by atoms with Crippen molar-refractivity contribution in [3.63, 3.8) is 0 Å². The second-order valence-electron chi connectivity index (χ2n) is 3.38. The summed E-state index contributed by atoms with van der Waals surface area (Å²) in [7, 11) is 1.77. The first-order valence-electron chi connectivity index (χ1n) is 5.06. The molecule has 0 aliphatic rings. The summed E-state index contributed by atoms with van der Waals surface area (Å²) in [5, 5.41) is 5.65. The van der Waals surface area contributed by atoms with Crippen molar-refractivity contribution >= 4 is 33.8 Å². The van der Waals surface area contributed by atoms with Gasteiger partial charge in [-0.25, -0.2) is 4.79 Å². The summed E-state index contributed by atoms with van der Waals surface area (Å²) in [6.07, 6.45) is 0. The van der Waals surface area contributed by atoms with Gasteiger partial charge in [-0.15, -0.1) is 11.3 Å². The van der Waals surface area contributed by atoms with Crippen LogP contribution in [0.25, 0.3) is 0 Å². The molecule has 6 heteroatoms. The number of nitrogens with zero attached hydrogens (tertiary/aromatic N) is 1. The number of carbonyl (C=O) groups is 1. The lowest BCUT2D eigenvalue weighted by molar-refractivity contribution is 0.0477. The molecular weight excluding hydrogens is 256 g/mol. The van der Waals surface area contributed by atoms with E-state index in [9.17, 15) is 4.79 Å². The van der Waals surface area contributed by atoms with E-state index >= 15 is 0 Å². The summed E-state index contributed by atoms with van der Waals surface area (Å²) in [6.45, 7) is 2.12. The Morgan fingerprint density at radius 1 is 1.59 bits per heavy atom. The molecule has 0 aliphatic carbocycles.